The molecule has 4 rings (SSSR count). The molecule has 1 atom stereocenters. The van der Waals surface area contributed by atoms with E-state index in [0.29, 0.717) is 12.2 Å². The Bertz CT molecular complexity index is 875. The smallest absolute Gasteiger partial charge is 0.141 e. The summed E-state index contributed by atoms with van der Waals surface area (Å²) in [6, 6.07) is 3.94. The second-order valence-electron chi connectivity index (χ2n) is 5.99. The largest absolute Gasteiger partial charge is 0.393 e. The summed E-state index contributed by atoms with van der Waals surface area (Å²) in [5.74, 6) is 1.73. The molecule has 1 aliphatic rings. The topological polar surface area (TPSA) is 87.3 Å². The Morgan fingerprint density at radius 3 is 3.04 bits per heavy atom. The zero-order valence-electron chi connectivity index (χ0n) is 13.4. The van der Waals surface area contributed by atoms with Crippen molar-refractivity contribution in [3.8, 4) is 0 Å². The van der Waals surface area contributed by atoms with Crippen LogP contribution in [0, 0.1) is 6.92 Å². The average Bonchev–Trinajstić information content (AvgIpc) is 3.15. The molecule has 0 aromatic carbocycles. The van der Waals surface area contributed by atoms with Gasteiger partial charge in [-0.3, -0.25) is 4.68 Å². The van der Waals surface area contributed by atoms with Gasteiger partial charge in [-0.2, -0.15) is 5.10 Å². The van der Waals surface area contributed by atoms with Crippen molar-refractivity contribution in [2.24, 2.45) is 0 Å². The third kappa shape index (κ3) is 2.66. The minimum absolute atomic E-state index is 0.319. The first kappa shape index (κ1) is 15.5. The van der Waals surface area contributed by atoms with Crippen LogP contribution in [0.15, 0.2) is 17.5 Å². The zero-order chi connectivity index (χ0) is 16.7. The molecule has 0 unspecified atom stereocenters. The van der Waals surface area contributed by atoms with Crippen LogP contribution < -0.4 is 4.90 Å². The molecular formula is C16H19N5O2S. The monoisotopic (exact) mass is 345 g/mol. The minimum atomic E-state index is -0.928. The molecule has 3 aromatic rings. The third-order valence-corrected chi connectivity index (χ3v) is 5.07. The number of aliphatic hydroxyl groups is 2. The van der Waals surface area contributed by atoms with Crippen LogP contribution in [-0.2, 0) is 13.1 Å². The summed E-state index contributed by atoms with van der Waals surface area (Å²) < 4.78 is 1.92. The van der Waals surface area contributed by atoms with Crippen molar-refractivity contribution >= 4 is 27.4 Å². The summed E-state index contributed by atoms with van der Waals surface area (Å²) in [5, 5.41) is 26.5. The van der Waals surface area contributed by atoms with Crippen LogP contribution >= 0.6 is 11.3 Å². The standard InChI is InChI=1S/C16H19N5O2S/c1-10-17-15(12-3-6-24-16(12)18-10)20-4-2-5-21-11(8-20)7-13(19-21)14(23)9-22/h3,6-7,14,22-23H,2,4-5,8-9H2,1H3/t14-/m0/s1. The highest BCUT2D eigenvalue weighted by molar-refractivity contribution is 7.16. The van der Waals surface area contributed by atoms with E-state index in [2.05, 4.69) is 26.0 Å². The molecule has 3 aromatic heterocycles. The maximum atomic E-state index is 9.82. The summed E-state index contributed by atoms with van der Waals surface area (Å²) >= 11 is 1.63. The van der Waals surface area contributed by atoms with Crippen molar-refractivity contribution in [3.63, 3.8) is 0 Å². The van der Waals surface area contributed by atoms with Crippen molar-refractivity contribution in [2.45, 2.75) is 32.5 Å². The van der Waals surface area contributed by atoms with E-state index in [9.17, 15) is 5.11 Å². The predicted molar refractivity (Wildman–Crippen MR) is 92.1 cm³/mol. The van der Waals surface area contributed by atoms with E-state index in [0.717, 1.165) is 47.1 Å². The molecule has 0 radical (unpaired) electrons. The van der Waals surface area contributed by atoms with Crippen molar-refractivity contribution < 1.29 is 10.2 Å². The second kappa shape index (κ2) is 6.12. The van der Waals surface area contributed by atoms with Crippen LogP contribution in [0.3, 0.4) is 0 Å². The number of anilines is 1. The lowest BCUT2D eigenvalue weighted by molar-refractivity contribution is 0.0916. The fourth-order valence-electron chi connectivity index (χ4n) is 3.11. The van der Waals surface area contributed by atoms with E-state index in [-0.39, 0.29) is 6.61 Å². The van der Waals surface area contributed by atoms with Crippen molar-refractivity contribution in [2.75, 3.05) is 18.1 Å². The summed E-state index contributed by atoms with van der Waals surface area (Å²) in [4.78, 5) is 12.4. The number of hydrogen-bond acceptors (Lipinski definition) is 7. The number of aryl methyl sites for hydroxylation is 2. The summed E-state index contributed by atoms with van der Waals surface area (Å²) in [6.07, 6.45) is 0.0145. The predicted octanol–water partition coefficient (Wildman–Crippen LogP) is 1.63. The highest BCUT2D eigenvalue weighted by Crippen LogP contribution is 2.30. The van der Waals surface area contributed by atoms with Crippen LogP contribution in [-0.4, -0.2) is 43.1 Å². The van der Waals surface area contributed by atoms with Crippen LogP contribution in [0.25, 0.3) is 10.2 Å². The quantitative estimate of drug-likeness (QED) is 0.750. The van der Waals surface area contributed by atoms with Gasteiger partial charge in [0.15, 0.2) is 0 Å². The van der Waals surface area contributed by atoms with E-state index >= 15 is 0 Å². The number of nitrogens with zero attached hydrogens (tertiary/aromatic N) is 5. The lowest BCUT2D eigenvalue weighted by atomic mass is 10.2. The van der Waals surface area contributed by atoms with E-state index in [1.807, 2.05) is 23.1 Å². The van der Waals surface area contributed by atoms with Gasteiger partial charge in [-0.1, -0.05) is 0 Å². The molecular weight excluding hydrogens is 326 g/mol. The number of hydrogen-bond donors (Lipinski definition) is 2. The van der Waals surface area contributed by atoms with E-state index < -0.39 is 6.10 Å². The zero-order valence-corrected chi connectivity index (χ0v) is 14.2. The number of aliphatic hydroxyl groups excluding tert-OH is 2. The lowest BCUT2D eigenvalue weighted by Crippen LogP contribution is -2.24. The number of thiophene rings is 1. The van der Waals surface area contributed by atoms with Gasteiger partial charge in [-0.15, -0.1) is 11.3 Å². The highest BCUT2D eigenvalue weighted by atomic mass is 32.1. The van der Waals surface area contributed by atoms with Crippen molar-refractivity contribution in [1.82, 2.24) is 19.7 Å². The maximum absolute atomic E-state index is 9.82. The van der Waals surface area contributed by atoms with Gasteiger partial charge >= 0.3 is 0 Å². The summed E-state index contributed by atoms with van der Waals surface area (Å²) in [5.41, 5.74) is 1.54. The van der Waals surface area contributed by atoms with E-state index in [1.165, 1.54) is 0 Å². The molecule has 2 N–H and O–H groups in total. The summed E-state index contributed by atoms with van der Waals surface area (Å²) in [6.45, 7) is 3.96. The molecule has 4 heterocycles. The fourth-order valence-corrected chi connectivity index (χ4v) is 3.91. The van der Waals surface area contributed by atoms with Gasteiger partial charge < -0.3 is 15.1 Å². The first-order valence-corrected chi connectivity index (χ1v) is 8.86. The van der Waals surface area contributed by atoms with Crippen LogP contribution in [0.5, 0.6) is 0 Å². The Balaban J connectivity index is 1.72. The Kier molecular flexibility index (Phi) is 3.95. The van der Waals surface area contributed by atoms with E-state index in [4.69, 9.17) is 5.11 Å². The molecule has 7 nitrogen and oxygen atoms in total. The summed E-state index contributed by atoms with van der Waals surface area (Å²) in [7, 11) is 0. The number of fused-ring (bicyclic) bond motifs is 2. The lowest BCUT2D eigenvalue weighted by Gasteiger charge is -2.22. The second-order valence-corrected chi connectivity index (χ2v) is 6.89. The third-order valence-electron chi connectivity index (χ3n) is 4.26. The first-order chi connectivity index (χ1) is 11.7. The molecule has 0 aliphatic carbocycles. The highest BCUT2D eigenvalue weighted by Gasteiger charge is 2.22. The van der Waals surface area contributed by atoms with Gasteiger partial charge in [0.2, 0.25) is 0 Å². The SMILES string of the molecule is Cc1nc(N2CCCn3nc([C@@H](O)CO)cc3C2)c2ccsc2n1. The molecule has 8 heteroatoms. The van der Waals surface area contributed by atoms with Crippen LogP contribution in [0.2, 0.25) is 0 Å². The molecule has 0 saturated carbocycles. The molecule has 126 valence electrons. The van der Waals surface area contributed by atoms with Gasteiger partial charge in [-0.05, 0) is 30.9 Å². The van der Waals surface area contributed by atoms with Gasteiger partial charge in [0.05, 0.1) is 29.9 Å². The molecule has 0 spiro atoms. The molecule has 0 saturated heterocycles. The molecule has 0 fully saturated rings. The van der Waals surface area contributed by atoms with Crippen LogP contribution in [0.1, 0.15) is 29.7 Å². The molecule has 0 bridgehead atoms. The average molecular weight is 345 g/mol. The van der Waals surface area contributed by atoms with Crippen molar-refractivity contribution in [1.29, 1.82) is 0 Å². The Labute approximate surface area is 143 Å². The Morgan fingerprint density at radius 1 is 1.33 bits per heavy atom. The number of rotatable bonds is 3. The van der Waals surface area contributed by atoms with Gasteiger partial charge in [0.1, 0.15) is 22.6 Å². The fraction of sp³-hybridized carbons (Fsp3) is 0.438. The van der Waals surface area contributed by atoms with Gasteiger partial charge in [0, 0.05) is 13.1 Å². The number of aromatic nitrogens is 4. The molecule has 0 amide bonds. The normalized spacial score (nSPS) is 16.2. The molecule has 1 aliphatic heterocycles. The minimum Gasteiger partial charge on any atom is -0.393 e. The molecule has 24 heavy (non-hydrogen) atoms. The van der Waals surface area contributed by atoms with Crippen LogP contribution in [0.4, 0.5) is 5.82 Å². The Hall–Kier alpha value is -2.03. The maximum Gasteiger partial charge on any atom is 0.141 e. The van der Waals surface area contributed by atoms with Gasteiger partial charge in [0.25, 0.3) is 0 Å². The van der Waals surface area contributed by atoms with Gasteiger partial charge in [-0.25, -0.2) is 9.97 Å². The van der Waals surface area contributed by atoms with Crippen molar-refractivity contribution in [3.05, 3.63) is 34.7 Å². The first-order valence-electron chi connectivity index (χ1n) is 7.98. The Morgan fingerprint density at radius 2 is 2.21 bits per heavy atom. The van der Waals surface area contributed by atoms with E-state index in [1.54, 1.807) is 11.3 Å².